The second-order valence-corrected chi connectivity index (χ2v) is 12.0. The Balaban J connectivity index is 1.10. The van der Waals surface area contributed by atoms with E-state index in [2.05, 4.69) is 144 Å². The summed E-state index contributed by atoms with van der Waals surface area (Å²) in [6, 6.07) is 54.7. The third-order valence-corrected chi connectivity index (χ3v) is 9.23. The summed E-state index contributed by atoms with van der Waals surface area (Å²) < 4.78 is 15.4. The Morgan fingerprint density at radius 2 is 0.957 bits per heavy atom. The minimum Gasteiger partial charge on any atom is -0.455 e. The molecule has 220 valence electrons. The largest absolute Gasteiger partial charge is 0.455 e. The van der Waals surface area contributed by atoms with Gasteiger partial charge < -0.3 is 8.83 Å². The monoisotopic (exact) mass is 602 g/mol. The number of aromatic nitrogens is 2. The van der Waals surface area contributed by atoms with Crippen molar-refractivity contribution in [1.29, 1.82) is 0 Å². The van der Waals surface area contributed by atoms with Gasteiger partial charge in [-0.05, 0) is 47.5 Å². The molecule has 0 radical (unpaired) electrons. The lowest BCUT2D eigenvalue weighted by Gasteiger charge is -2.11. The molecule has 7 aromatic carbocycles. The summed E-state index contributed by atoms with van der Waals surface area (Å²) in [5.74, 6) is 0.923. The molecule has 0 aliphatic rings. The van der Waals surface area contributed by atoms with Crippen molar-refractivity contribution < 1.29 is 8.83 Å². The summed E-state index contributed by atoms with van der Waals surface area (Å²) in [6.45, 7) is 0. The molecule has 0 atom stereocenters. The maximum absolute atomic E-state index is 6.66. The fourth-order valence-corrected chi connectivity index (χ4v) is 7.02. The molecule has 4 nitrogen and oxygen atoms in total. The van der Waals surface area contributed by atoms with Crippen molar-refractivity contribution in [1.82, 2.24) is 9.55 Å². The number of hydrogen-bond donors (Lipinski definition) is 0. The molecule has 47 heavy (non-hydrogen) atoms. The third-order valence-electron chi connectivity index (χ3n) is 9.23. The summed E-state index contributed by atoms with van der Waals surface area (Å²) in [5.41, 5.74) is 12.0. The van der Waals surface area contributed by atoms with Crippen LogP contribution < -0.4 is 0 Å². The van der Waals surface area contributed by atoms with Crippen LogP contribution in [-0.4, -0.2) is 9.55 Å². The maximum atomic E-state index is 6.66. The van der Waals surface area contributed by atoms with Crippen molar-refractivity contribution >= 4 is 54.9 Å². The minimum absolute atomic E-state index is 0.849. The number of fused-ring (bicyclic) bond motifs is 7. The predicted molar refractivity (Wildman–Crippen MR) is 192 cm³/mol. The number of rotatable bonds is 4. The summed E-state index contributed by atoms with van der Waals surface area (Å²) in [5, 5.41) is 4.25. The van der Waals surface area contributed by atoms with E-state index in [9.17, 15) is 0 Å². The van der Waals surface area contributed by atoms with E-state index in [-0.39, 0.29) is 0 Å². The summed E-state index contributed by atoms with van der Waals surface area (Å²) >= 11 is 0. The summed E-state index contributed by atoms with van der Waals surface area (Å²) in [7, 11) is 0. The highest BCUT2D eigenvalue weighted by Crippen LogP contribution is 2.42. The molecule has 3 heterocycles. The molecule has 0 saturated carbocycles. The Morgan fingerprint density at radius 3 is 1.57 bits per heavy atom. The van der Waals surface area contributed by atoms with Crippen molar-refractivity contribution in [2.24, 2.45) is 0 Å². The van der Waals surface area contributed by atoms with E-state index in [0.717, 1.165) is 94.2 Å². The van der Waals surface area contributed by atoms with E-state index in [1.807, 2.05) is 18.2 Å². The van der Waals surface area contributed by atoms with E-state index in [1.54, 1.807) is 0 Å². The van der Waals surface area contributed by atoms with Crippen LogP contribution in [0, 0.1) is 0 Å². The highest BCUT2D eigenvalue weighted by Gasteiger charge is 2.18. The van der Waals surface area contributed by atoms with Gasteiger partial charge in [-0.2, -0.15) is 0 Å². The van der Waals surface area contributed by atoms with E-state index < -0.39 is 0 Å². The first kappa shape index (κ1) is 25.9. The highest BCUT2D eigenvalue weighted by atomic mass is 16.3. The highest BCUT2D eigenvalue weighted by molar-refractivity contribution is 6.17. The SMILES string of the molecule is c1ccc(-c2cccc3c2oc2cc4c(cc23)oc2c(-c3ccc(-n5c(-c6ccccc6)nc6ccccc65)cc3)cccc24)cc1. The number of benzene rings is 7. The topological polar surface area (TPSA) is 44.1 Å². The fraction of sp³-hybridized carbons (Fsp3) is 0. The van der Waals surface area contributed by atoms with Gasteiger partial charge in [0.25, 0.3) is 0 Å². The smallest absolute Gasteiger partial charge is 0.145 e. The van der Waals surface area contributed by atoms with Crippen LogP contribution in [0.4, 0.5) is 0 Å². The Labute approximate surface area is 269 Å². The molecule has 3 aromatic heterocycles. The van der Waals surface area contributed by atoms with Gasteiger partial charge in [0, 0.05) is 43.9 Å². The van der Waals surface area contributed by atoms with Crippen LogP contribution >= 0.6 is 0 Å². The molecule has 0 bridgehead atoms. The third kappa shape index (κ3) is 3.98. The maximum Gasteiger partial charge on any atom is 0.145 e. The lowest BCUT2D eigenvalue weighted by Crippen LogP contribution is -1.97. The van der Waals surface area contributed by atoms with Crippen molar-refractivity contribution in [3.63, 3.8) is 0 Å². The summed E-state index contributed by atoms with van der Waals surface area (Å²) in [4.78, 5) is 5.00. The molecule has 10 aromatic rings. The average molecular weight is 603 g/mol. The van der Waals surface area contributed by atoms with E-state index >= 15 is 0 Å². The Bertz CT molecular complexity index is 2770. The first-order chi connectivity index (χ1) is 23.3. The molecule has 0 unspecified atom stereocenters. The second-order valence-electron chi connectivity index (χ2n) is 12.0. The normalized spacial score (nSPS) is 11.8. The van der Waals surface area contributed by atoms with Crippen LogP contribution in [0.5, 0.6) is 0 Å². The molecule has 0 amide bonds. The van der Waals surface area contributed by atoms with Crippen LogP contribution in [0.15, 0.2) is 167 Å². The predicted octanol–water partition coefficient (Wildman–Crippen LogP) is 11.8. The zero-order valence-electron chi connectivity index (χ0n) is 25.2. The van der Waals surface area contributed by atoms with Crippen molar-refractivity contribution in [3.8, 4) is 39.3 Å². The quantitative estimate of drug-likeness (QED) is 0.201. The van der Waals surface area contributed by atoms with Crippen molar-refractivity contribution in [2.45, 2.75) is 0 Å². The van der Waals surface area contributed by atoms with E-state index in [0.29, 0.717) is 0 Å². The van der Waals surface area contributed by atoms with Gasteiger partial charge in [-0.1, -0.05) is 121 Å². The zero-order valence-corrected chi connectivity index (χ0v) is 25.2. The molecule has 0 saturated heterocycles. The number of furan rings is 2. The molecule has 4 heteroatoms. The van der Waals surface area contributed by atoms with Gasteiger partial charge in [-0.15, -0.1) is 0 Å². The van der Waals surface area contributed by atoms with Gasteiger partial charge in [0.1, 0.15) is 28.2 Å². The molecular formula is C43H26N2O2. The fourth-order valence-electron chi connectivity index (χ4n) is 7.02. The average Bonchev–Trinajstić information content (AvgIpc) is 3.82. The Kier molecular flexibility index (Phi) is 5.54. The molecule has 0 N–H and O–H groups in total. The van der Waals surface area contributed by atoms with Crippen molar-refractivity contribution in [2.75, 3.05) is 0 Å². The molecule has 10 rings (SSSR count). The molecule has 0 spiro atoms. The van der Waals surface area contributed by atoms with Crippen molar-refractivity contribution in [3.05, 3.63) is 158 Å². The molecule has 0 aliphatic carbocycles. The van der Waals surface area contributed by atoms with Gasteiger partial charge in [0.15, 0.2) is 0 Å². The Morgan fingerprint density at radius 1 is 0.426 bits per heavy atom. The lowest BCUT2D eigenvalue weighted by molar-refractivity contribution is 0.665. The first-order valence-electron chi connectivity index (χ1n) is 15.8. The molecule has 0 aliphatic heterocycles. The van der Waals surface area contributed by atoms with E-state index in [4.69, 9.17) is 13.8 Å². The summed E-state index contributed by atoms with van der Waals surface area (Å²) in [6.07, 6.45) is 0. The van der Waals surface area contributed by atoms with Gasteiger partial charge in [0.2, 0.25) is 0 Å². The lowest BCUT2D eigenvalue weighted by atomic mass is 10.0. The zero-order chi connectivity index (χ0) is 30.9. The first-order valence-corrected chi connectivity index (χ1v) is 15.8. The van der Waals surface area contributed by atoms with Crippen LogP contribution in [0.25, 0.3) is 94.2 Å². The number of para-hydroxylation sites is 4. The van der Waals surface area contributed by atoms with Gasteiger partial charge in [-0.3, -0.25) is 4.57 Å². The van der Waals surface area contributed by atoms with E-state index in [1.165, 1.54) is 0 Å². The number of hydrogen-bond acceptors (Lipinski definition) is 3. The van der Waals surface area contributed by atoms with Gasteiger partial charge in [0.05, 0.1) is 11.0 Å². The minimum atomic E-state index is 0.849. The molecular weight excluding hydrogens is 576 g/mol. The van der Waals surface area contributed by atoms with Gasteiger partial charge >= 0.3 is 0 Å². The molecule has 0 fully saturated rings. The number of nitrogens with zero attached hydrogens (tertiary/aromatic N) is 2. The van der Waals surface area contributed by atoms with Crippen LogP contribution in [0.1, 0.15) is 0 Å². The van der Waals surface area contributed by atoms with Crippen LogP contribution in [-0.2, 0) is 0 Å². The standard InChI is InChI=1S/C43H26N2O2/c1-3-11-27(12-4-1)31-15-9-17-33-35-25-40-36(26-39(35)46-41(31)33)34-18-10-16-32(42(34)47-40)28-21-23-30(24-22-28)45-38-20-8-7-19-37(38)44-43(45)29-13-5-2-6-14-29/h1-26H. The van der Waals surface area contributed by atoms with Crippen LogP contribution in [0.3, 0.4) is 0 Å². The number of imidazole rings is 1. The Hall–Kier alpha value is -6.39. The van der Waals surface area contributed by atoms with Crippen LogP contribution in [0.2, 0.25) is 0 Å². The second kappa shape index (κ2) is 10.1. The van der Waals surface area contributed by atoms with Gasteiger partial charge in [-0.25, -0.2) is 4.98 Å².